The van der Waals surface area contributed by atoms with Crippen LogP contribution in [-0.2, 0) is 16.0 Å². The third-order valence-corrected chi connectivity index (χ3v) is 6.42. The monoisotopic (exact) mass is 418 g/mol. The molecule has 8 nitrogen and oxygen atoms in total. The highest BCUT2D eigenvalue weighted by molar-refractivity contribution is 5.75. The first-order valence-electron chi connectivity index (χ1n) is 10.8. The Morgan fingerprint density at radius 2 is 1.84 bits per heavy atom. The molecule has 5 heterocycles. The summed E-state index contributed by atoms with van der Waals surface area (Å²) in [6, 6.07) is 10.4. The van der Waals surface area contributed by atoms with E-state index in [1.807, 2.05) is 42.2 Å². The average Bonchev–Trinajstić information content (AvgIpc) is 3.44. The molecule has 3 aromatic heterocycles. The Kier molecular flexibility index (Phi) is 4.52. The van der Waals surface area contributed by atoms with E-state index in [2.05, 4.69) is 38.6 Å². The van der Waals surface area contributed by atoms with Crippen LogP contribution in [0, 0.1) is 13.8 Å². The van der Waals surface area contributed by atoms with Crippen LogP contribution in [0.2, 0.25) is 0 Å². The van der Waals surface area contributed by atoms with Gasteiger partial charge in [0.25, 0.3) is 0 Å². The summed E-state index contributed by atoms with van der Waals surface area (Å²) in [6.45, 7) is 7.86. The zero-order chi connectivity index (χ0) is 20.9. The maximum atomic E-state index is 6.34. The predicted octanol–water partition coefficient (Wildman–Crippen LogP) is 2.54. The van der Waals surface area contributed by atoms with Gasteiger partial charge in [-0.2, -0.15) is 5.10 Å². The van der Waals surface area contributed by atoms with Crippen molar-refractivity contribution in [3.8, 4) is 0 Å². The molecule has 2 aliphatic heterocycles. The zero-order valence-corrected chi connectivity index (χ0v) is 17.8. The fourth-order valence-electron chi connectivity index (χ4n) is 4.88. The van der Waals surface area contributed by atoms with Crippen LogP contribution in [0.4, 0.5) is 0 Å². The van der Waals surface area contributed by atoms with Gasteiger partial charge in [0.05, 0.1) is 55.0 Å². The number of ether oxygens (including phenoxy) is 2. The Bertz CT molecular complexity index is 1230. The molecule has 0 aliphatic carbocycles. The molecule has 2 saturated heterocycles. The van der Waals surface area contributed by atoms with Crippen molar-refractivity contribution in [1.29, 1.82) is 0 Å². The van der Waals surface area contributed by atoms with Gasteiger partial charge in [-0.1, -0.05) is 12.1 Å². The smallest absolute Gasteiger partial charge is 0.159 e. The standard InChI is InChI=1S/C23H26N6O2/c1-15-7-16(2)29-23(26-15)17(8-25-29)9-27-10-21-22(11-27)31-13-18(12-30-21)28-14-24-19-5-3-4-6-20(19)28/h3-8,14,18,21-22H,9-13H2,1-2H3/t21-,22-/m0/s1. The van der Waals surface area contributed by atoms with Gasteiger partial charge in [0.2, 0.25) is 0 Å². The summed E-state index contributed by atoms with van der Waals surface area (Å²) in [6.07, 6.45) is 4.00. The van der Waals surface area contributed by atoms with Crippen LogP contribution in [0.3, 0.4) is 0 Å². The van der Waals surface area contributed by atoms with Crippen LogP contribution in [0.25, 0.3) is 16.7 Å². The number of aryl methyl sites for hydroxylation is 2. The first-order chi connectivity index (χ1) is 15.2. The van der Waals surface area contributed by atoms with Gasteiger partial charge in [-0.3, -0.25) is 4.90 Å². The molecule has 31 heavy (non-hydrogen) atoms. The van der Waals surface area contributed by atoms with Gasteiger partial charge in [-0.05, 0) is 32.0 Å². The summed E-state index contributed by atoms with van der Waals surface area (Å²) in [7, 11) is 0. The molecule has 0 unspecified atom stereocenters. The lowest BCUT2D eigenvalue weighted by molar-refractivity contribution is -0.00461. The van der Waals surface area contributed by atoms with Crippen molar-refractivity contribution >= 4 is 16.7 Å². The molecule has 2 atom stereocenters. The number of para-hydroxylation sites is 2. The van der Waals surface area contributed by atoms with E-state index in [4.69, 9.17) is 14.5 Å². The third kappa shape index (κ3) is 3.31. The van der Waals surface area contributed by atoms with Gasteiger partial charge >= 0.3 is 0 Å². The van der Waals surface area contributed by atoms with E-state index in [1.165, 1.54) is 0 Å². The Morgan fingerprint density at radius 3 is 2.65 bits per heavy atom. The highest BCUT2D eigenvalue weighted by Crippen LogP contribution is 2.27. The maximum Gasteiger partial charge on any atom is 0.159 e. The molecule has 0 N–H and O–H groups in total. The van der Waals surface area contributed by atoms with Crippen molar-refractivity contribution in [2.75, 3.05) is 26.3 Å². The summed E-state index contributed by atoms with van der Waals surface area (Å²) in [4.78, 5) is 11.6. The van der Waals surface area contributed by atoms with E-state index < -0.39 is 0 Å². The summed E-state index contributed by atoms with van der Waals surface area (Å²) in [5.41, 5.74) is 6.34. The Morgan fingerprint density at radius 1 is 1.06 bits per heavy atom. The van der Waals surface area contributed by atoms with Gasteiger partial charge in [0.15, 0.2) is 5.65 Å². The van der Waals surface area contributed by atoms with E-state index in [9.17, 15) is 0 Å². The fourth-order valence-corrected chi connectivity index (χ4v) is 4.88. The number of benzene rings is 1. The number of rotatable bonds is 3. The van der Waals surface area contributed by atoms with E-state index in [1.54, 1.807) is 0 Å². The van der Waals surface area contributed by atoms with Crippen LogP contribution in [0.15, 0.2) is 42.9 Å². The minimum absolute atomic E-state index is 0.0815. The number of hydrogen-bond donors (Lipinski definition) is 0. The number of likely N-dealkylation sites (tertiary alicyclic amines) is 1. The van der Waals surface area contributed by atoms with E-state index >= 15 is 0 Å². The summed E-state index contributed by atoms with van der Waals surface area (Å²) in [5, 5.41) is 4.53. The molecule has 0 spiro atoms. The summed E-state index contributed by atoms with van der Waals surface area (Å²) >= 11 is 0. The van der Waals surface area contributed by atoms with Gasteiger partial charge in [-0.25, -0.2) is 14.5 Å². The fraction of sp³-hybridized carbons (Fsp3) is 0.435. The topological polar surface area (TPSA) is 69.7 Å². The minimum Gasteiger partial charge on any atom is -0.372 e. The van der Waals surface area contributed by atoms with Crippen molar-refractivity contribution in [2.45, 2.75) is 38.6 Å². The van der Waals surface area contributed by atoms with Crippen molar-refractivity contribution in [3.05, 3.63) is 59.8 Å². The van der Waals surface area contributed by atoms with Gasteiger partial charge in [-0.15, -0.1) is 0 Å². The second kappa shape index (κ2) is 7.40. The number of imidazole rings is 1. The number of hydrogen-bond acceptors (Lipinski definition) is 6. The molecular formula is C23H26N6O2. The van der Waals surface area contributed by atoms with Crippen molar-refractivity contribution in [3.63, 3.8) is 0 Å². The molecule has 0 bridgehead atoms. The van der Waals surface area contributed by atoms with Crippen molar-refractivity contribution in [1.82, 2.24) is 29.0 Å². The third-order valence-electron chi connectivity index (χ3n) is 6.42. The molecule has 160 valence electrons. The largest absolute Gasteiger partial charge is 0.372 e. The molecule has 0 saturated carbocycles. The summed E-state index contributed by atoms with van der Waals surface area (Å²) in [5.74, 6) is 0. The number of fused-ring (bicyclic) bond motifs is 3. The van der Waals surface area contributed by atoms with Gasteiger partial charge in [0, 0.05) is 36.6 Å². The zero-order valence-electron chi connectivity index (χ0n) is 17.8. The molecule has 1 aromatic carbocycles. The lowest BCUT2D eigenvalue weighted by atomic mass is 10.2. The van der Waals surface area contributed by atoms with E-state index in [0.717, 1.165) is 53.3 Å². The van der Waals surface area contributed by atoms with E-state index in [-0.39, 0.29) is 18.2 Å². The minimum atomic E-state index is 0.0815. The molecule has 0 radical (unpaired) electrons. The van der Waals surface area contributed by atoms with Crippen LogP contribution in [-0.4, -0.2) is 67.6 Å². The van der Waals surface area contributed by atoms with Crippen molar-refractivity contribution < 1.29 is 9.47 Å². The van der Waals surface area contributed by atoms with E-state index in [0.29, 0.717) is 13.2 Å². The van der Waals surface area contributed by atoms with Crippen LogP contribution in [0.5, 0.6) is 0 Å². The second-order valence-electron chi connectivity index (χ2n) is 8.68. The Balaban J connectivity index is 1.15. The lowest BCUT2D eigenvalue weighted by Gasteiger charge is -2.19. The predicted molar refractivity (Wildman–Crippen MR) is 116 cm³/mol. The molecule has 2 fully saturated rings. The molecule has 2 aliphatic rings. The Hall–Kier alpha value is -2.81. The lowest BCUT2D eigenvalue weighted by Crippen LogP contribution is -2.27. The highest BCUT2D eigenvalue weighted by atomic mass is 16.6. The molecule has 4 aromatic rings. The number of nitrogens with zero attached hydrogens (tertiary/aromatic N) is 6. The first-order valence-corrected chi connectivity index (χ1v) is 10.8. The second-order valence-corrected chi connectivity index (χ2v) is 8.68. The average molecular weight is 419 g/mol. The molecular weight excluding hydrogens is 392 g/mol. The van der Waals surface area contributed by atoms with Crippen LogP contribution < -0.4 is 0 Å². The van der Waals surface area contributed by atoms with Crippen LogP contribution >= 0.6 is 0 Å². The van der Waals surface area contributed by atoms with Gasteiger partial charge < -0.3 is 14.0 Å². The SMILES string of the molecule is Cc1cc(C)n2ncc(CN3C[C@@H]4OCC(n5cnc6ccccc65)CO[C@H]4C3)c2n1. The van der Waals surface area contributed by atoms with Gasteiger partial charge in [0.1, 0.15) is 0 Å². The highest BCUT2D eigenvalue weighted by Gasteiger charge is 2.38. The summed E-state index contributed by atoms with van der Waals surface area (Å²) < 4.78 is 16.8. The molecule has 6 rings (SSSR count). The molecule has 8 heteroatoms. The maximum absolute atomic E-state index is 6.34. The first kappa shape index (κ1) is 18.9. The number of aromatic nitrogens is 5. The normalized spacial score (nSPS) is 22.9. The van der Waals surface area contributed by atoms with Crippen molar-refractivity contribution in [2.24, 2.45) is 0 Å². The quantitative estimate of drug-likeness (QED) is 0.509. The molecule has 0 amide bonds. The van der Waals surface area contributed by atoms with Crippen LogP contribution in [0.1, 0.15) is 23.0 Å². The Labute approximate surface area is 180 Å².